The molecule has 0 spiro atoms. The normalized spacial score (nSPS) is 16.1. The van der Waals surface area contributed by atoms with Gasteiger partial charge in [0.25, 0.3) is 0 Å². The molecule has 0 saturated heterocycles. The molecule has 0 N–H and O–H groups in total. The van der Waals surface area contributed by atoms with Gasteiger partial charge in [-0.3, -0.25) is 4.40 Å². The summed E-state index contributed by atoms with van der Waals surface area (Å²) < 4.78 is 76.8. The van der Waals surface area contributed by atoms with Crippen molar-refractivity contribution in [3.63, 3.8) is 0 Å². The molecule has 1 atom stereocenters. The zero-order valence-corrected chi connectivity index (χ0v) is 18.7. The third kappa shape index (κ3) is 4.03. The van der Waals surface area contributed by atoms with Crippen LogP contribution in [0.4, 0.5) is 13.2 Å². The predicted molar refractivity (Wildman–Crippen MR) is 118 cm³/mol. The molecule has 1 unspecified atom stereocenters. The zero-order valence-electron chi connectivity index (χ0n) is 17.9. The van der Waals surface area contributed by atoms with Crippen LogP contribution in [0.25, 0.3) is 16.8 Å². The molecule has 2 aromatic carbocycles. The lowest BCUT2D eigenvalue weighted by atomic mass is 10.0. The molecular formula is C24H19F3N2O4S. The molecule has 2 aromatic heterocycles. The van der Waals surface area contributed by atoms with Gasteiger partial charge in [0, 0.05) is 36.1 Å². The second-order valence-corrected chi connectivity index (χ2v) is 9.94. The topological polar surface area (TPSA) is 69.9 Å². The number of pyridine rings is 1. The van der Waals surface area contributed by atoms with E-state index >= 15 is 4.39 Å². The first kappa shape index (κ1) is 22.4. The standard InChI is InChI=1S/C24H19F3N2O4S/c1-34(30,31)15-8-6-14(7-9-15)17-13-29-21(12-18(17)25)28-19-10-11-32-23(22(19)29)16-4-2-3-5-20(16)33-24(26)27/h2-9,12-13,23-24H,10-11H2,1H3. The second-order valence-electron chi connectivity index (χ2n) is 7.92. The van der Waals surface area contributed by atoms with E-state index in [1.165, 1.54) is 36.4 Å². The Balaban J connectivity index is 1.65. The molecule has 0 aliphatic carbocycles. The highest BCUT2D eigenvalue weighted by Crippen LogP contribution is 2.39. The average molecular weight is 488 g/mol. The van der Waals surface area contributed by atoms with E-state index in [0.29, 0.717) is 41.2 Å². The van der Waals surface area contributed by atoms with Gasteiger partial charge >= 0.3 is 6.61 Å². The number of nitrogens with zero attached hydrogens (tertiary/aromatic N) is 2. The fourth-order valence-electron chi connectivity index (χ4n) is 4.18. The van der Waals surface area contributed by atoms with E-state index in [-0.39, 0.29) is 16.2 Å². The maximum Gasteiger partial charge on any atom is 0.387 e. The largest absolute Gasteiger partial charge is 0.434 e. The Morgan fingerprint density at radius 3 is 2.59 bits per heavy atom. The van der Waals surface area contributed by atoms with Crippen LogP contribution in [0.2, 0.25) is 0 Å². The molecule has 4 aromatic rings. The first-order valence-electron chi connectivity index (χ1n) is 10.4. The fourth-order valence-corrected chi connectivity index (χ4v) is 4.81. The van der Waals surface area contributed by atoms with Crippen LogP contribution >= 0.6 is 0 Å². The monoisotopic (exact) mass is 488 g/mol. The number of fused-ring (bicyclic) bond motifs is 3. The number of imidazole rings is 1. The minimum Gasteiger partial charge on any atom is -0.434 e. The van der Waals surface area contributed by atoms with Crippen LogP contribution in [0, 0.1) is 5.82 Å². The first-order valence-corrected chi connectivity index (χ1v) is 12.3. The molecule has 0 amide bonds. The Kier molecular flexibility index (Phi) is 5.57. The Bertz CT molecular complexity index is 1480. The molecule has 0 fully saturated rings. The highest BCUT2D eigenvalue weighted by Gasteiger charge is 2.31. The van der Waals surface area contributed by atoms with E-state index in [2.05, 4.69) is 4.98 Å². The summed E-state index contributed by atoms with van der Waals surface area (Å²) in [5, 5.41) is 0. The number of halogens is 3. The van der Waals surface area contributed by atoms with Gasteiger partial charge in [-0.15, -0.1) is 0 Å². The smallest absolute Gasteiger partial charge is 0.387 e. The van der Waals surface area contributed by atoms with E-state index in [9.17, 15) is 17.2 Å². The number of benzene rings is 2. The van der Waals surface area contributed by atoms with Crippen LogP contribution < -0.4 is 4.74 Å². The zero-order chi connectivity index (χ0) is 24.0. The quantitative estimate of drug-likeness (QED) is 0.403. The Labute approximate surface area is 193 Å². The maximum absolute atomic E-state index is 15.0. The Morgan fingerprint density at radius 2 is 1.88 bits per heavy atom. The number of sulfone groups is 1. The van der Waals surface area contributed by atoms with Crippen LogP contribution in [-0.4, -0.2) is 37.3 Å². The molecule has 1 aliphatic rings. The number of rotatable bonds is 5. The predicted octanol–water partition coefficient (Wildman–Crippen LogP) is 4.81. The van der Waals surface area contributed by atoms with Crippen LogP contribution in [0.15, 0.2) is 65.7 Å². The summed E-state index contributed by atoms with van der Waals surface area (Å²) in [6, 6.07) is 13.6. The number of ether oxygens (including phenoxy) is 2. The summed E-state index contributed by atoms with van der Waals surface area (Å²) in [5.74, 6) is -0.537. The van der Waals surface area contributed by atoms with Gasteiger partial charge in [-0.05, 0) is 23.8 Å². The molecule has 10 heteroatoms. The van der Waals surface area contributed by atoms with Crippen molar-refractivity contribution in [2.75, 3.05) is 12.9 Å². The molecule has 176 valence electrons. The van der Waals surface area contributed by atoms with Gasteiger partial charge in [-0.1, -0.05) is 30.3 Å². The van der Waals surface area contributed by atoms with E-state index in [1.54, 1.807) is 28.8 Å². The molecule has 1 aliphatic heterocycles. The van der Waals surface area contributed by atoms with Gasteiger partial charge in [-0.2, -0.15) is 8.78 Å². The lowest BCUT2D eigenvalue weighted by molar-refractivity contribution is -0.0522. The molecule has 0 bridgehead atoms. The lowest BCUT2D eigenvalue weighted by Crippen LogP contribution is -2.20. The molecule has 6 nitrogen and oxygen atoms in total. The average Bonchev–Trinajstić information content (AvgIpc) is 3.15. The van der Waals surface area contributed by atoms with E-state index in [4.69, 9.17) is 9.47 Å². The van der Waals surface area contributed by atoms with Gasteiger partial charge in [0.1, 0.15) is 23.3 Å². The minimum absolute atomic E-state index is 0.0102. The third-order valence-corrected chi connectivity index (χ3v) is 6.83. The van der Waals surface area contributed by atoms with Crippen molar-refractivity contribution >= 4 is 15.5 Å². The summed E-state index contributed by atoms with van der Waals surface area (Å²) in [6.07, 6.45) is 2.39. The van der Waals surface area contributed by atoms with Gasteiger partial charge in [-0.25, -0.2) is 17.8 Å². The van der Waals surface area contributed by atoms with E-state index in [0.717, 1.165) is 6.26 Å². The van der Waals surface area contributed by atoms with Crippen LogP contribution in [0.1, 0.15) is 23.1 Å². The molecule has 34 heavy (non-hydrogen) atoms. The molecular weight excluding hydrogens is 469 g/mol. The van der Waals surface area contributed by atoms with Gasteiger partial charge in [0.15, 0.2) is 9.84 Å². The van der Waals surface area contributed by atoms with Crippen molar-refractivity contribution in [3.05, 3.63) is 83.6 Å². The molecule has 0 saturated carbocycles. The second kappa shape index (κ2) is 8.44. The van der Waals surface area contributed by atoms with Crippen molar-refractivity contribution < 1.29 is 31.1 Å². The molecule has 5 rings (SSSR count). The number of para-hydroxylation sites is 1. The fraction of sp³-hybridized carbons (Fsp3) is 0.208. The summed E-state index contributed by atoms with van der Waals surface area (Å²) in [6.45, 7) is -2.69. The molecule has 0 radical (unpaired) electrons. The number of alkyl halides is 2. The minimum atomic E-state index is -3.39. The van der Waals surface area contributed by atoms with Crippen LogP contribution in [0.3, 0.4) is 0 Å². The summed E-state index contributed by atoms with van der Waals surface area (Å²) in [7, 11) is -3.39. The van der Waals surface area contributed by atoms with Crippen molar-refractivity contribution in [3.8, 4) is 16.9 Å². The van der Waals surface area contributed by atoms with Crippen LogP contribution in [-0.2, 0) is 21.0 Å². The Hall–Kier alpha value is -3.37. The van der Waals surface area contributed by atoms with Crippen molar-refractivity contribution in [2.24, 2.45) is 0 Å². The number of hydrogen-bond acceptors (Lipinski definition) is 5. The van der Waals surface area contributed by atoms with E-state index < -0.39 is 28.4 Å². The van der Waals surface area contributed by atoms with Gasteiger partial charge in [0.05, 0.1) is 22.9 Å². The van der Waals surface area contributed by atoms with Crippen molar-refractivity contribution in [1.82, 2.24) is 9.38 Å². The lowest BCUT2D eigenvalue weighted by Gasteiger charge is -2.25. The summed E-state index contributed by atoms with van der Waals surface area (Å²) >= 11 is 0. The van der Waals surface area contributed by atoms with Gasteiger partial charge < -0.3 is 9.47 Å². The van der Waals surface area contributed by atoms with Crippen molar-refractivity contribution in [1.29, 1.82) is 0 Å². The number of aromatic nitrogens is 2. The summed E-state index contributed by atoms with van der Waals surface area (Å²) in [4.78, 5) is 4.66. The Morgan fingerprint density at radius 1 is 1.15 bits per heavy atom. The first-order chi connectivity index (χ1) is 16.2. The maximum atomic E-state index is 15.0. The third-order valence-electron chi connectivity index (χ3n) is 5.71. The van der Waals surface area contributed by atoms with Crippen molar-refractivity contribution in [2.45, 2.75) is 24.0 Å². The SMILES string of the molecule is CS(=O)(=O)c1ccc(-c2cn3c4c(nc3cc2F)CCOC4c2ccccc2OC(F)F)cc1. The highest BCUT2D eigenvalue weighted by molar-refractivity contribution is 7.90. The van der Waals surface area contributed by atoms with Gasteiger partial charge in [0.2, 0.25) is 0 Å². The van der Waals surface area contributed by atoms with Crippen LogP contribution in [0.5, 0.6) is 5.75 Å². The summed E-state index contributed by atoms with van der Waals surface area (Å²) in [5.41, 5.74) is 2.74. The van der Waals surface area contributed by atoms with E-state index in [1.807, 2.05) is 0 Å². The molecule has 3 heterocycles. The highest BCUT2D eigenvalue weighted by atomic mass is 32.2. The number of hydrogen-bond donors (Lipinski definition) is 0.